The number of hydrogen-bond donors (Lipinski definition) is 2. The van der Waals surface area contributed by atoms with Crippen LogP contribution in [0.4, 0.5) is 0 Å². The molecule has 1 fully saturated rings. The number of benzene rings is 1. The van der Waals surface area contributed by atoms with Gasteiger partial charge in [-0.3, -0.25) is 9.59 Å². The number of ether oxygens (including phenoxy) is 1. The molecule has 2 N–H and O–H groups in total. The summed E-state index contributed by atoms with van der Waals surface area (Å²) in [4.78, 5) is 23.6. The van der Waals surface area contributed by atoms with E-state index in [0.29, 0.717) is 5.17 Å². The number of carbonyl (C=O) groups is 2. The zero-order chi connectivity index (χ0) is 17.5. The van der Waals surface area contributed by atoms with Gasteiger partial charge in [-0.25, -0.2) is 0 Å². The molecule has 0 radical (unpaired) electrons. The van der Waals surface area contributed by atoms with Gasteiger partial charge in [0.1, 0.15) is 11.0 Å². The van der Waals surface area contributed by atoms with Gasteiger partial charge in [0.15, 0.2) is 5.17 Å². The molecule has 0 saturated carbocycles. The lowest BCUT2D eigenvalue weighted by Gasteiger charge is -2.09. The van der Waals surface area contributed by atoms with Gasteiger partial charge in [0, 0.05) is 12.5 Å². The van der Waals surface area contributed by atoms with Crippen LogP contribution in [0, 0.1) is 0 Å². The maximum Gasteiger partial charge on any atom is 0.240 e. The van der Waals surface area contributed by atoms with Crippen LogP contribution >= 0.6 is 11.8 Å². The number of nitrogens with zero attached hydrogens (tertiary/aromatic N) is 2. The molecule has 1 aromatic rings. The van der Waals surface area contributed by atoms with Crippen molar-refractivity contribution < 1.29 is 14.3 Å². The van der Waals surface area contributed by atoms with Gasteiger partial charge in [-0.2, -0.15) is 5.10 Å². The Bertz CT molecular complexity index is 656. The summed E-state index contributed by atoms with van der Waals surface area (Å²) >= 11 is 1.21. The normalized spacial score (nSPS) is 19.1. The number of nitrogens with one attached hydrogen (secondary N) is 2. The molecule has 128 valence electrons. The van der Waals surface area contributed by atoms with Gasteiger partial charge >= 0.3 is 0 Å². The van der Waals surface area contributed by atoms with Crippen LogP contribution in [0.25, 0.3) is 0 Å². The minimum absolute atomic E-state index is 0.0502. The number of carbonyl (C=O) groups excluding carboxylic acids is 2. The first-order chi connectivity index (χ1) is 11.5. The van der Waals surface area contributed by atoms with E-state index in [1.54, 1.807) is 13.3 Å². The molecular weight excluding hydrogens is 328 g/mol. The van der Waals surface area contributed by atoms with E-state index in [9.17, 15) is 9.59 Å². The fraction of sp³-hybridized carbons (Fsp3) is 0.375. The quantitative estimate of drug-likeness (QED) is 0.602. The summed E-state index contributed by atoms with van der Waals surface area (Å²) in [5.41, 5.74) is 0.863. The minimum Gasteiger partial charge on any atom is -0.497 e. The molecule has 7 nitrogen and oxygen atoms in total. The number of amides is 2. The fourth-order valence-corrected chi connectivity index (χ4v) is 2.90. The third-order valence-electron chi connectivity index (χ3n) is 3.07. The highest BCUT2D eigenvalue weighted by Gasteiger charge is 2.32. The molecule has 1 aliphatic rings. The highest BCUT2D eigenvalue weighted by atomic mass is 32.2. The number of hydrogen-bond acceptors (Lipinski definition) is 6. The molecular formula is C16H20N4O3S. The Labute approximate surface area is 144 Å². The van der Waals surface area contributed by atoms with Crippen LogP contribution in [0.3, 0.4) is 0 Å². The second-order valence-electron chi connectivity index (χ2n) is 5.44. The van der Waals surface area contributed by atoms with Crippen LogP contribution in [0.15, 0.2) is 34.5 Å². The molecule has 0 bridgehead atoms. The Balaban J connectivity index is 1.90. The zero-order valence-corrected chi connectivity index (χ0v) is 14.6. The highest BCUT2D eigenvalue weighted by molar-refractivity contribution is 8.15. The van der Waals surface area contributed by atoms with Crippen molar-refractivity contribution in [3.63, 3.8) is 0 Å². The summed E-state index contributed by atoms with van der Waals surface area (Å²) in [6, 6.07) is 7.40. The summed E-state index contributed by atoms with van der Waals surface area (Å²) in [5.74, 6) is 0.387. The lowest BCUT2D eigenvalue weighted by atomic mass is 10.2. The summed E-state index contributed by atoms with van der Waals surface area (Å²) in [7, 11) is 1.60. The first-order valence-electron chi connectivity index (χ1n) is 7.50. The van der Waals surface area contributed by atoms with E-state index in [0.717, 1.165) is 11.3 Å². The molecule has 0 aliphatic carbocycles. The summed E-state index contributed by atoms with van der Waals surface area (Å²) in [5, 5.41) is 13.3. The molecule has 1 saturated heterocycles. The Morgan fingerprint density at radius 2 is 2.12 bits per heavy atom. The smallest absolute Gasteiger partial charge is 0.240 e. The first-order valence-corrected chi connectivity index (χ1v) is 8.38. The van der Waals surface area contributed by atoms with Gasteiger partial charge in [-0.1, -0.05) is 11.8 Å². The van der Waals surface area contributed by atoms with Crippen LogP contribution in [-0.2, 0) is 9.59 Å². The molecule has 1 heterocycles. The van der Waals surface area contributed by atoms with Crippen molar-refractivity contribution in [2.24, 2.45) is 10.2 Å². The maximum atomic E-state index is 11.9. The van der Waals surface area contributed by atoms with E-state index >= 15 is 0 Å². The molecule has 1 aromatic carbocycles. The molecule has 1 aliphatic heterocycles. The van der Waals surface area contributed by atoms with Crippen molar-refractivity contribution in [3.8, 4) is 5.75 Å². The molecule has 0 spiro atoms. The van der Waals surface area contributed by atoms with Gasteiger partial charge in [0.25, 0.3) is 0 Å². The Hall–Kier alpha value is -2.35. The Morgan fingerprint density at radius 1 is 1.42 bits per heavy atom. The number of rotatable bonds is 6. The second kappa shape index (κ2) is 8.49. The van der Waals surface area contributed by atoms with E-state index in [1.165, 1.54) is 11.8 Å². The van der Waals surface area contributed by atoms with Gasteiger partial charge in [0.05, 0.1) is 13.3 Å². The summed E-state index contributed by atoms with van der Waals surface area (Å²) in [6.07, 6.45) is 1.70. The van der Waals surface area contributed by atoms with E-state index in [-0.39, 0.29) is 24.3 Å². The predicted octanol–water partition coefficient (Wildman–Crippen LogP) is 1.53. The van der Waals surface area contributed by atoms with Crippen LogP contribution in [0.5, 0.6) is 5.75 Å². The van der Waals surface area contributed by atoms with Crippen molar-refractivity contribution in [2.45, 2.75) is 31.6 Å². The average molecular weight is 348 g/mol. The molecule has 1 atom stereocenters. The summed E-state index contributed by atoms with van der Waals surface area (Å²) in [6.45, 7) is 3.75. The lowest BCUT2D eigenvalue weighted by Crippen LogP contribution is -2.34. The predicted molar refractivity (Wildman–Crippen MR) is 95.4 cm³/mol. The lowest BCUT2D eigenvalue weighted by molar-refractivity contribution is -0.125. The van der Waals surface area contributed by atoms with Crippen molar-refractivity contribution in [1.82, 2.24) is 10.6 Å². The minimum atomic E-state index is -0.473. The fourth-order valence-electron chi connectivity index (χ4n) is 1.97. The molecule has 0 unspecified atom stereocenters. The van der Waals surface area contributed by atoms with Crippen molar-refractivity contribution in [1.29, 1.82) is 0 Å². The van der Waals surface area contributed by atoms with E-state index in [4.69, 9.17) is 4.74 Å². The van der Waals surface area contributed by atoms with Crippen LogP contribution < -0.4 is 15.4 Å². The van der Waals surface area contributed by atoms with Crippen LogP contribution in [0.2, 0.25) is 0 Å². The third-order valence-corrected chi connectivity index (χ3v) is 4.14. The molecule has 2 rings (SSSR count). The summed E-state index contributed by atoms with van der Waals surface area (Å²) < 4.78 is 5.08. The van der Waals surface area contributed by atoms with E-state index in [1.807, 2.05) is 38.1 Å². The highest BCUT2D eigenvalue weighted by Crippen LogP contribution is 2.22. The first kappa shape index (κ1) is 18.0. The monoisotopic (exact) mass is 348 g/mol. The zero-order valence-electron chi connectivity index (χ0n) is 13.8. The van der Waals surface area contributed by atoms with Gasteiger partial charge < -0.3 is 15.4 Å². The van der Waals surface area contributed by atoms with Crippen molar-refractivity contribution in [3.05, 3.63) is 29.8 Å². The van der Waals surface area contributed by atoms with Crippen molar-refractivity contribution >= 4 is 35.0 Å². The number of thioether (sulfide) groups is 1. The Kier molecular flexibility index (Phi) is 6.36. The van der Waals surface area contributed by atoms with E-state index < -0.39 is 5.25 Å². The number of methoxy groups -OCH3 is 1. The molecule has 8 heteroatoms. The number of amidine groups is 1. The Morgan fingerprint density at radius 3 is 2.75 bits per heavy atom. The van der Waals surface area contributed by atoms with Gasteiger partial charge in [-0.15, -0.1) is 5.10 Å². The van der Waals surface area contributed by atoms with Gasteiger partial charge in [-0.05, 0) is 43.7 Å². The standard InChI is InChI=1S/C16H20N4O3S/c1-10(2)18-14(21)8-13-15(22)19-16(24-13)20-17-9-11-4-6-12(23-3)7-5-11/h4-7,9-10,13H,8H2,1-3H3,(H,18,21)(H,19,20,22)/b17-9-/t13-/m1/s1. The average Bonchev–Trinajstić information content (AvgIpc) is 2.87. The SMILES string of the molecule is COc1ccc(/C=N\N=C2/NC(=O)[C@@H](CC(=O)NC(C)C)S2)cc1. The van der Waals surface area contributed by atoms with Crippen LogP contribution in [-0.4, -0.2) is 41.6 Å². The molecule has 0 aromatic heterocycles. The third kappa shape index (κ3) is 5.38. The second-order valence-corrected chi connectivity index (χ2v) is 6.64. The molecule has 24 heavy (non-hydrogen) atoms. The van der Waals surface area contributed by atoms with Crippen LogP contribution in [0.1, 0.15) is 25.8 Å². The topological polar surface area (TPSA) is 92.2 Å². The van der Waals surface area contributed by atoms with Gasteiger partial charge in [0.2, 0.25) is 11.8 Å². The maximum absolute atomic E-state index is 11.9. The van der Waals surface area contributed by atoms with Crippen molar-refractivity contribution in [2.75, 3.05) is 7.11 Å². The van der Waals surface area contributed by atoms with E-state index in [2.05, 4.69) is 20.8 Å². The largest absolute Gasteiger partial charge is 0.497 e. The molecule has 2 amide bonds.